The lowest BCUT2D eigenvalue weighted by atomic mass is 10.0. The number of ether oxygens (including phenoxy) is 1. The topological polar surface area (TPSA) is 26.3 Å². The third kappa shape index (κ3) is 11.9. The quantitative estimate of drug-likeness (QED) is 0.358. The monoisotopic (exact) mass is 256 g/mol. The third-order valence-electron chi connectivity index (χ3n) is 3.37. The highest BCUT2D eigenvalue weighted by atomic mass is 16.5. The molecule has 0 spiro atoms. The molecule has 0 saturated carbocycles. The second-order valence-corrected chi connectivity index (χ2v) is 5.41. The van der Waals surface area contributed by atoms with Gasteiger partial charge in [0, 0.05) is 6.42 Å². The summed E-state index contributed by atoms with van der Waals surface area (Å²) >= 11 is 0. The van der Waals surface area contributed by atoms with E-state index in [0.29, 0.717) is 18.9 Å². The second-order valence-electron chi connectivity index (χ2n) is 5.41. The van der Waals surface area contributed by atoms with Gasteiger partial charge in [0.25, 0.3) is 0 Å². The molecular weight excluding hydrogens is 224 g/mol. The van der Waals surface area contributed by atoms with Crippen LogP contribution < -0.4 is 0 Å². The van der Waals surface area contributed by atoms with Gasteiger partial charge < -0.3 is 4.74 Å². The Labute approximate surface area is 113 Å². The van der Waals surface area contributed by atoms with Crippen LogP contribution in [0.25, 0.3) is 0 Å². The van der Waals surface area contributed by atoms with E-state index >= 15 is 0 Å². The molecule has 0 aliphatic heterocycles. The van der Waals surface area contributed by atoms with Gasteiger partial charge in [-0.3, -0.25) is 4.79 Å². The first-order valence-electron chi connectivity index (χ1n) is 7.86. The standard InChI is InChI=1S/C16H32O2/c1-4-6-7-8-9-10-11-12-13-15(3)14-18-16(17)5-2/h15H,4-14H2,1-3H3. The Balaban J connectivity index is 3.20. The number of carbonyl (C=O) groups excluding carboxylic acids is 1. The maximum absolute atomic E-state index is 11.0. The van der Waals surface area contributed by atoms with Crippen molar-refractivity contribution in [2.75, 3.05) is 6.61 Å². The minimum absolute atomic E-state index is 0.0715. The van der Waals surface area contributed by atoms with Crippen molar-refractivity contribution in [3.8, 4) is 0 Å². The maximum atomic E-state index is 11.0. The Bertz CT molecular complexity index is 190. The van der Waals surface area contributed by atoms with Crippen LogP contribution in [0.4, 0.5) is 0 Å². The number of carbonyl (C=O) groups is 1. The van der Waals surface area contributed by atoms with Crippen LogP contribution in [0, 0.1) is 5.92 Å². The summed E-state index contributed by atoms with van der Waals surface area (Å²) in [7, 11) is 0. The summed E-state index contributed by atoms with van der Waals surface area (Å²) in [6.07, 6.45) is 12.6. The average Bonchev–Trinajstić information content (AvgIpc) is 2.39. The van der Waals surface area contributed by atoms with E-state index in [-0.39, 0.29) is 5.97 Å². The van der Waals surface area contributed by atoms with Gasteiger partial charge in [0.15, 0.2) is 0 Å². The third-order valence-corrected chi connectivity index (χ3v) is 3.37. The summed E-state index contributed by atoms with van der Waals surface area (Å²) in [6.45, 7) is 6.87. The zero-order chi connectivity index (χ0) is 13.6. The van der Waals surface area contributed by atoms with Crippen molar-refractivity contribution in [3.63, 3.8) is 0 Å². The first-order chi connectivity index (χ1) is 8.70. The fourth-order valence-corrected chi connectivity index (χ4v) is 2.05. The van der Waals surface area contributed by atoms with E-state index < -0.39 is 0 Å². The predicted molar refractivity (Wildman–Crippen MR) is 77.6 cm³/mol. The molecule has 0 saturated heterocycles. The van der Waals surface area contributed by atoms with Crippen LogP contribution in [0.3, 0.4) is 0 Å². The van der Waals surface area contributed by atoms with E-state index in [0.717, 1.165) is 0 Å². The molecule has 1 atom stereocenters. The van der Waals surface area contributed by atoms with Crippen molar-refractivity contribution >= 4 is 5.97 Å². The van der Waals surface area contributed by atoms with Crippen molar-refractivity contribution in [2.45, 2.75) is 85.0 Å². The van der Waals surface area contributed by atoms with Gasteiger partial charge in [0.05, 0.1) is 6.61 Å². The van der Waals surface area contributed by atoms with Crippen LogP contribution in [0.2, 0.25) is 0 Å². The average molecular weight is 256 g/mol. The molecule has 0 rings (SSSR count). The van der Waals surface area contributed by atoms with E-state index in [1.807, 2.05) is 6.92 Å². The van der Waals surface area contributed by atoms with Crippen molar-refractivity contribution < 1.29 is 9.53 Å². The molecule has 0 aromatic rings. The van der Waals surface area contributed by atoms with Gasteiger partial charge in [-0.05, 0) is 12.3 Å². The van der Waals surface area contributed by atoms with Gasteiger partial charge in [0.2, 0.25) is 0 Å². The summed E-state index contributed by atoms with van der Waals surface area (Å²) in [5, 5.41) is 0. The van der Waals surface area contributed by atoms with Crippen molar-refractivity contribution in [3.05, 3.63) is 0 Å². The van der Waals surface area contributed by atoms with Gasteiger partial charge in [-0.1, -0.05) is 72.1 Å². The zero-order valence-corrected chi connectivity index (χ0v) is 12.7. The molecule has 0 bridgehead atoms. The Morgan fingerprint density at radius 1 is 0.944 bits per heavy atom. The van der Waals surface area contributed by atoms with Gasteiger partial charge >= 0.3 is 5.97 Å². The lowest BCUT2D eigenvalue weighted by Crippen LogP contribution is -2.10. The number of hydrogen-bond donors (Lipinski definition) is 0. The fourth-order valence-electron chi connectivity index (χ4n) is 2.05. The number of rotatable bonds is 12. The molecule has 0 heterocycles. The zero-order valence-electron chi connectivity index (χ0n) is 12.7. The summed E-state index contributed by atoms with van der Waals surface area (Å²) in [6, 6.07) is 0. The molecule has 0 radical (unpaired) electrons. The Kier molecular flexibility index (Phi) is 12.5. The molecule has 2 heteroatoms. The second kappa shape index (κ2) is 12.9. The summed E-state index contributed by atoms with van der Waals surface area (Å²) in [5.74, 6) is 0.443. The van der Waals surface area contributed by atoms with E-state index in [1.54, 1.807) is 0 Å². The van der Waals surface area contributed by atoms with E-state index in [9.17, 15) is 4.79 Å². The molecule has 2 nitrogen and oxygen atoms in total. The van der Waals surface area contributed by atoms with Gasteiger partial charge in [-0.25, -0.2) is 0 Å². The lowest BCUT2D eigenvalue weighted by Gasteiger charge is -2.11. The lowest BCUT2D eigenvalue weighted by molar-refractivity contribution is -0.144. The van der Waals surface area contributed by atoms with Crippen LogP contribution in [-0.2, 0) is 9.53 Å². The van der Waals surface area contributed by atoms with Crippen molar-refractivity contribution in [2.24, 2.45) is 5.92 Å². The summed E-state index contributed by atoms with van der Waals surface area (Å²) in [4.78, 5) is 11.0. The maximum Gasteiger partial charge on any atom is 0.305 e. The van der Waals surface area contributed by atoms with E-state index in [1.165, 1.54) is 57.8 Å². The van der Waals surface area contributed by atoms with E-state index in [2.05, 4.69) is 13.8 Å². The number of unbranched alkanes of at least 4 members (excludes halogenated alkanes) is 7. The molecule has 0 amide bonds. The van der Waals surface area contributed by atoms with Crippen LogP contribution in [0.1, 0.15) is 85.0 Å². The molecule has 1 unspecified atom stereocenters. The van der Waals surface area contributed by atoms with Crippen molar-refractivity contribution in [1.82, 2.24) is 0 Å². The molecule has 0 aliphatic rings. The summed E-state index contributed by atoms with van der Waals surface area (Å²) < 4.78 is 5.14. The van der Waals surface area contributed by atoms with Crippen LogP contribution in [0.5, 0.6) is 0 Å². The highest BCUT2D eigenvalue weighted by Gasteiger charge is 2.05. The largest absolute Gasteiger partial charge is 0.465 e. The summed E-state index contributed by atoms with van der Waals surface area (Å²) in [5.41, 5.74) is 0. The molecule has 0 aromatic heterocycles. The molecular formula is C16H32O2. The first-order valence-corrected chi connectivity index (χ1v) is 7.86. The van der Waals surface area contributed by atoms with Gasteiger partial charge in [-0.15, -0.1) is 0 Å². The number of hydrogen-bond acceptors (Lipinski definition) is 2. The predicted octanol–water partition coefficient (Wildman–Crippen LogP) is 5.11. The highest BCUT2D eigenvalue weighted by Crippen LogP contribution is 2.13. The van der Waals surface area contributed by atoms with Gasteiger partial charge in [0.1, 0.15) is 0 Å². The van der Waals surface area contributed by atoms with Crippen LogP contribution in [0.15, 0.2) is 0 Å². The molecule has 18 heavy (non-hydrogen) atoms. The van der Waals surface area contributed by atoms with E-state index in [4.69, 9.17) is 4.74 Å². The normalized spacial score (nSPS) is 12.4. The first kappa shape index (κ1) is 17.5. The van der Waals surface area contributed by atoms with Crippen LogP contribution in [-0.4, -0.2) is 12.6 Å². The molecule has 0 aliphatic carbocycles. The minimum Gasteiger partial charge on any atom is -0.465 e. The van der Waals surface area contributed by atoms with Crippen LogP contribution >= 0.6 is 0 Å². The smallest absolute Gasteiger partial charge is 0.305 e. The Morgan fingerprint density at radius 3 is 2.06 bits per heavy atom. The number of esters is 1. The molecule has 0 aromatic carbocycles. The van der Waals surface area contributed by atoms with Crippen molar-refractivity contribution in [1.29, 1.82) is 0 Å². The molecule has 0 N–H and O–H groups in total. The minimum atomic E-state index is -0.0715. The highest BCUT2D eigenvalue weighted by molar-refractivity contribution is 5.68. The van der Waals surface area contributed by atoms with Gasteiger partial charge in [-0.2, -0.15) is 0 Å². The SMILES string of the molecule is CCCCCCCCCCC(C)COC(=O)CC. The fraction of sp³-hybridized carbons (Fsp3) is 0.938. The Hall–Kier alpha value is -0.530. The molecule has 108 valence electrons. The Morgan fingerprint density at radius 2 is 1.50 bits per heavy atom. The molecule has 0 fully saturated rings.